The molecular weight excluding hydrogens is 390 g/mol. The predicted octanol–water partition coefficient (Wildman–Crippen LogP) is 2.99. The molecule has 29 heavy (non-hydrogen) atoms. The monoisotopic (exact) mass is 413 g/mol. The van der Waals surface area contributed by atoms with Crippen molar-refractivity contribution < 1.29 is 9.59 Å². The lowest BCUT2D eigenvalue weighted by molar-refractivity contribution is -0.119. The van der Waals surface area contributed by atoms with E-state index in [-0.39, 0.29) is 18.4 Å². The molecule has 152 valence electrons. The quantitative estimate of drug-likeness (QED) is 0.837. The van der Waals surface area contributed by atoms with Crippen LogP contribution in [-0.2, 0) is 4.79 Å². The molecule has 0 bridgehead atoms. The van der Waals surface area contributed by atoms with Crippen molar-refractivity contribution in [1.29, 1.82) is 0 Å². The molecule has 2 aliphatic heterocycles. The highest BCUT2D eigenvalue weighted by Gasteiger charge is 2.32. The number of hydrogen-bond donors (Lipinski definition) is 1. The highest BCUT2D eigenvalue weighted by Crippen LogP contribution is 2.37. The van der Waals surface area contributed by atoms with Crippen LogP contribution in [0.2, 0.25) is 5.02 Å². The van der Waals surface area contributed by atoms with E-state index in [9.17, 15) is 9.59 Å². The number of amides is 2. The number of likely N-dealkylation sites (N-methyl/N-ethyl adjacent to an activating group) is 1. The first-order valence-electron chi connectivity index (χ1n) is 9.71. The molecule has 8 heteroatoms. The Balaban J connectivity index is 1.70. The van der Waals surface area contributed by atoms with Crippen molar-refractivity contribution >= 4 is 40.6 Å². The summed E-state index contributed by atoms with van der Waals surface area (Å²) in [6, 6.07) is 8.85. The summed E-state index contributed by atoms with van der Waals surface area (Å²) in [5.41, 5.74) is 1.35. The number of fused-ring (bicyclic) bond motifs is 2. The summed E-state index contributed by atoms with van der Waals surface area (Å²) in [6.45, 7) is 1.96. The Morgan fingerprint density at radius 1 is 1.34 bits per heavy atom. The van der Waals surface area contributed by atoms with Crippen molar-refractivity contribution in [3.8, 4) is 0 Å². The summed E-state index contributed by atoms with van der Waals surface area (Å²) < 4.78 is 0. The first-order valence-corrected chi connectivity index (χ1v) is 10.1. The average molecular weight is 414 g/mol. The predicted molar refractivity (Wildman–Crippen MR) is 114 cm³/mol. The zero-order chi connectivity index (χ0) is 20.5. The van der Waals surface area contributed by atoms with Crippen molar-refractivity contribution in [2.24, 2.45) is 0 Å². The highest BCUT2D eigenvalue weighted by atomic mass is 35.5. The third kappa shape index (κ3) is 3.99. The molecule has 7 nitrogen and oxygen atoms in total. The molecule has 0 aliphatic carbocycles. The van der Waals surface area contributed by atoms with Crippen molar-refractivity contribution in [3.05, 3.63) is 47.1 Å². The van der Waals surface area contributed by atoms with Crippen LogP contribution in [0.3, 0.4) is 0 Å². The van der Waals surface area contributed by atoms with Gasteiger partial charge in [-0.3, -0.25) is 19.4 Å². The molecule has 0 spiro atoms. The number of anilines is 3. The first-order chi connectivity index (χ1) is 13.9. The molecule has 1 unspecified atom stereocenters. The number of benzene rings is 1. The van der Waals surface area contributed by atoms with Gasteiger partial charge in [0.05, 0.1) is 23.5 Å². The molecule has 1 N–H and O–H groups in total. The largest absolute Gasteiger partial charge is 0.319 e. The fraction of sp³-hybridized carbons (Fsp3) is 0.381. The number of piperidine rings is 1. The lowest BCUT2D eigenvalue weighted by atomic mass is 10.0. The number of pyridine rings is 1. The summed E-state index contributed by atoms with van der Waals surface area (Å²) in [6.07, 6.45) is 3.79. The zero-order valence-electron chi connectivity index (χ0n) is 16.6. The minimum Gasteiger partial charge on any atom is -0.319 e. The van der Waals surface area contributed by atoms with E-state index in [0.717, 1.165) is 25.9 Å². The number of nitrogens with one attached hydrogen (secondary N) is 1. The second kappa shape index (κ2) is 8.10. The number of aromatic nitrogens is 1. The Bertz CT molecular complexity index is 948. The standard InChI is InChI=1S/C21H24ClN5O2/c1-25(2)15-5-4-10-26(12-15)13-19(28)27-18-11-14(22)7-8-16(18)21(29)24-17-6-3-9-23-20(17)27/h3,6-9,11,15H,4-5,10,12-13H2,1-2H3,(H,24,29). The van der Waals surface area contributed by atoms with E-state index in [4.69, 9.17) is 11.6 Å². The normalized spacial score (nSPS) is 19.4. The SMILES string of the molecule is CN(C)C1CCCN(CC(=O)N2c3cc(Cl)ccc3C(=O)Nc3cccnc32)C1. The van der Waals surface area contributed by atoms with Gasteiger partial charge in [0.2, 0.25) is 5.91 Å². The number of nitrogens with zero attached hydrogens (tertiary/aromatic N) is 4. The lowest BCUT2D eigenvalue weighted by Crippen LogP contribution is -2.48. The summed E-state index contributed by atoms with van der Waals surface area (Å²) in [5.74, 6) is -0.00994. The van der Waals surface area contributed by atoms with Gasteiger partial charge in [-0.05, 0) is 63.8 Å². The highest BCUT2D eigenvalue weighted by molar-refractivity contribution is 6.31. The van der Waals surface area contributed by atoms with Crippen LogP contribution < -0.4 is 10.2 Å². The minimum absolute atomic E-state index is 0.135. The molecule has 1 aromatic carbocycles. The van der Waals surface area contributed by atoms with E-state index >= 15 is 0 Å². The van der Waals surface area contributed by atoms with E-state index in [1.54, 1.807) is 36.5 Å². The zero-order valence-corrected chi connectivity index (χ0v) is 17.3. The Labute approximate surface area is 175 Å². The van der Waals surface area contributed by atoms with Gasteiger partial charge in [0, 0.05) is 23.8 Å². The van der Waals surface area contributed by atoms with Gasteiger partial charge in [-0.15, -0.1) is 0 Å². The molecule has 1 fully saturated rings. The van der Waals surface area contributed by atoms with E-state index in [1.807, 2.05) is 0 Å². The van der Waals surface area contributed by atoms with Gasteiger partial charge in [-0.25, -0.2) is 4.98 Å². The van der Waals surface area contributed by atoms with Gasteiger partial charge >= 0.3 is 0 Å². The maximum atomic E-state index is 13.5. The fourth-order valence-electron chi connectivity index (χ4n) is 3.97. The summed E-state index contributed by atoms with van der Waals surface area (Å²) in [5, 5.41) is 3.31. The average Bonchev–Trinajstić information content (AvgIpc) is 2.81. The third-order valence-electron chi connectivity index (χ3n) is 5.51. The van der Waals surface area contributed by atoms with Crippen molar-refractivity contribution in [2.45, 2.75) is 18.9 Å². The number of rotatable bonds is 3. The molecule has 3 heterocycles. The minimum atomic E-state index is -0.285. The Kier molecular flexibility index (Phi) is 5.54. The molecule has 1 saturated heterocycles. The van der Waals surface area contributed by atoms with Crippen molar-refractivity contribution in [1.82, 2.24) is 14.8 Å². The summed E-state index contributed by atoms with van der Waals surface area (Å²) >= 11 is 6.21. The van der Waals surface area contributed by atoms with Crippen LogP contribution in [-0.4, -0.2) is 66.4 Å². The van der Waals surface area contributed by atoms with Crippen LogP contribution >= 0.6 is 11.6 Å². The van der Waals surface area contributed by atoms with Crippen LogP contribution in [0, 0.1) is 0 Å². The van der Waals surface area contributed by atoms with Gasteiger partial charge in [0.25, 0.3) is 5.91 Å². The van der Waals surface area contributed by atoms with E-state index in [0.29, 0.717) is 33.8 Å². The van der Waals surface area contributed by atoms with Crippen LogP contribution in [0.1, 0.15) is 23.2 Å². The fourth-order valence-corrected chi connectivity index (χ4v) is 4.14. The molecule has 2 aromatic rings. The maximum Gasteiger partial charge on any atom is 0.257 e. The summed E-state index contributed by atoms with van der Waals surface area (Å²) in [7, 11) is 4.14. The number of halogens is 1. The molecule has 0 radical (unpaired) electrons. The second-order valence-electron chi connectivity index (χ2n) is 7.71. The maximum absolute atomic E-state index is 13.5. The van der Waals surface area contributed by atoms with Crippen molar-refractivity contribution in [2.75, 3.05) is 43.9 Å². The van der Waals surface area contributed by atoms with Crippen LogP contribution in [0.5, 0.6) is 0 Å². The number of likely N-dealkylation sites (tertiary alicyclic amines) is 1. The number of carbonyl (C=O) groups is 2. The van der Waals surface area contributed by atoms with Gasteiger partial charge < -0.3 is 10.2 Å². The molecule has 1 atom stereocenters. The molecule has 1 aromatic heterocycles. The summed E-state index contributed by atoms with van der Waals surface area (Å²) in [4.78, 5) is 36.5. The van der Waals surface area contributed by atoms with Crippen molar-refractivity contribution in [3.63, 3.8) is 0 Å². The van der Waals surface area contributed by atoms with E-state index < -0.39 is 0 Å². The molecular formula is C21H24ClN5O2. The Hall–Kier alpha value is -2.48. The second-order valence-corrected chi connectivity index (χ2v) is 8.15. The van der Waals surface area contributed by atoms with Gasteiger partial charge in [0.1, 0.15) is 0 Å². The lowest BCUT2D eigenvalue weighted by Gasteiger charge is -2.36. The van der Waals surface area contributed by atoms with Crippen LogP contribution in [0.25, 0.3) is 0 Å². The van der Waals surface area contributed by atoms with Gasteiger partial charge in [-0.1, -0.05) is 11.6 Å². The Morgan fingerprint density at radius 2 is 2.17 bits per heavy atom. The smallest absolute Gasteiger partial charge is 0.257 e. The molecule has 0 saturated carbocycles. The number of carbonyl (C=O) groups excluding carboxylic acids is 2. The topological polar surface area (TPSA) is 68.8 Å². The first kappa shape index (κ1) is 19.8. The molecule has 2 aliphatic rings. The third-order valence-corrected chi connectivity index (χ3v) is 5.75. The van der Waals surface area contributed by atoms with Gasteiger partial charge in [-0.2, -0.15) is 0 Å². The molecule has 4 rings (SSSR count). The van der Waals surface area contributed by atoms with E-state index in [1.165, 1.54) is 4.90 Å². The Morgan fingerprint density at radius 3 is 2.97 bits per heavy atom. The van der Waals surface area contributed by atoms with Crippen LogP contribution in [0.15, 0.2) is 36.5 Å². The van der Waals surface area contributed by atoms with E-state index in [2.05, 4.69) is 34.2 Å². The van der Waals surface area contributed by atoms with Gasteiger partial charge in [0.15, 0.2) is 5.82 Å². The molecule has 2 amide bonds. The van der Waals surface area contributed by atoms with Crippen LogP contribution in [0.4, 0.5) is 17.2 Å². The number of hydrogen-bond acceptors (Lipinski definition) is 5.